The van der Waals surface area contributed by atoms with Crippen molar-refractivity contribution in [2.45, 2.75) is 0 Å². The Hall–Kier alpha value is -2.44. The number of fused-ring (bicyclic) bond motifs is 1. The number of nitrogens with zero attached hydrogens (tertiary/aromatic N) is 1. The topological polar surface area (TPSA) is 74.2 Å². The fraction of sp³-hybridized carbons (Fsp3) is 0.125. The lowest BCUT2D eigenvalue weighted by Gasteiger charge is -2.06. The predicted octanol–water partition coefficient (Wildman–Crippen LogP) is 2.76. The molecule has 0 aliphatic heterocycles. The molecule has 0 spiro atoms. The van der Waals surface area contributed by atoms with E-state index in [4.69, 9.17) is 5.11 Å². The molecule has 0 radical (unpaired) electrons. The van der Waals surface area contributed by atoms with Gasteiger partial charge in [0.1, 0.15) is 5.69 Å². The summed E-state index contributed by atoms with van der Waals surface area (Å²) >= 11 is 1.37. The van der Waals surface area contributed by atoms with E-state index in [0.29, 0.717) is 10.8 Å². The summed E-state index contributed by atoms with van der Waals surface area (Å²) < 4.78 is 0. The molecule has 0 saturated heterocycles. The number of aliphatic hydroxyl groups is 1. The number of hydrogen-bond donors (Lipinski definition) is 3. The van der Waals surface area contributed by atoms with E-state index in [1.54, 1.807) is 5.38 Å². The molecule has 22 heavy (non-hydrogen) atoms. The number of carbonyl (C=O) groups is 1. The maximum Gasteiger partial charge on any atom is 0.270 e. The van der Waals surface area contributed by atoms with Crippen LogP contribution in [0, 0.1) is 0 Å². The van der Waals surface area contributed by atoms with E-state index >= 15 is 0 Å². The van der Waals surface area contributed by atoms with Crippen molar-refractivity contribution in [2.75, 3.05) is 18.5 Å². The molecule has 0 aliphatic rings. The molecule has 3 aromatic rings. The van der Waals surface area contributed by atoms with Crippen LogP contribution in [0.25, 0.3) is 10.8 Å². The van der Waals surface area contributed by atoms with Crippen LogP contribution >= 0.6 is 11.3 Å². The standard InChI is InChI=1S/C16H15N3O2S/c20-9-8-17-15(21)14-10-22-16(19-14)18-13-7-3-5-11-4-1-2-6-12(11)13/h1-7,10,20H,8-9H2,(H,17,21)(H,18,19). The van der Waals surface area contributed by atoms with Gasteiger partial charge in [0.25, 0.3) is 5.91 Å². The Bertz CT molecular complexity index is 795. The van der Waals surface area contributed by atoms with Crippen molar-refractivity contribution in [2.24, 2.45) is 0 Å². The highest BCUT2D eigenvalue weighted by molar-refractivity contribution is 7.14. The molecule has 0 saturated carbocycles. The van der Waals surface area contributed by atoms with Gasteiger partial charge in [0.15, 0.2) is 5.13 Å². The van der Waals surface area contributed by atoms with E-state index in [0.717, 1.165) is 16.5 Å². The number of carbonyl (C=O) groups excluding carboxylic acids is 1. The van der Waals surface area contributed by atoms with Gasteiger partial charge in [0.2, 0.25) is 0 Å². The molecule has 5 nitrogen and oxygen atoms in total. The monoisotopic (exact) mass is 313 g/mol. The Balaban J connectivity index is 1.81. The van der Waals surface area contributed by atoms with Crippen molar-refractivity contribution in [1.82, 2.24) is 10.3 Å². The van der Waals surface area contributed by atoms with Crippen molar-refractivity contribution in [3.8, 4) is 0 Å². The highest BCUT2D eigenvalue weighted by atomic mass is 32.1. The largest absolute Gasteiger partial charge is 0.395 e. The van der Waals surface area contributed by atoms with Gasteiger partial charge in [-0.15, -0.1) is 11.3 Å². The average Bonchev–Trinajstić information content (AvgIpc) is 3.01. The summed E-state index contributed by atoms with van der Waals surface area (Å²) in [6, 6.07) is 14.1. The molecule has 0 bridgehead atoms. The Morgan fingerprint density at radius 3 is 2.86 bits per heavy atom. The number of hydrogen-bond acceptors (Lipinski definition) is 5. The number of amides is 1. The fourth-order valence-corrected chi connectivity index (χ4v) is 2.85. The van der Waals surface area contributed by atoms with Crippen LogP contribution in [0.3, 0.4) is 0 Å². The third-order valence-corrected chi connectivity index (χ3v) is 3.92. The second-order valence-electron chi connectivity index (χ2n) is 4.67. The molecule has 0 fully saturated rings. The SMILES string of the molecule is O=C(NCCO)c1csc(Nc2cccc3ccccc23)n1. The first kappa shape index (κ1) is 14.5. The molecule has 3 rings (SSSR count). The number of nitrogens with one attached hydrogen (secondary N) is 2. The van der Waals surface area contributed by atoms with Crippen LogP contribution in [-0.2, 0) is 0 Å². The molecule has 3 N–H and O–H groups in total. The van der Waals surface area contributed by atoms with Crippen LogP contribution in [0.1, 0.15) is 10.5 Å². The molecule has 0 atom stereocenters. The lowest BCUT2D eigenvalue weighted by Crippen LogP contribution is -2.26. The Kier molecular flexibility index (Phi) is 4.32. The van der Waals surface area contributed by atoms with E-state index < -0.39 is 0 Å². The van der Waals surface area contributed by atoms with Gasteiger partial charge in [-0.1, -0.05) is 36.4 Å². The summed E-state index contributed by atoms with van der Waals surface area (Å²) in [4.78, 5) is 16.1. The second kappa shape index (κ2) is 6.55. The Morgan fingerprint density at radius 2 is 2.00 bits per heavy atom. The zero-order chi connectivity index (χ0) is 15.4. The molecule has 1 heterocycles. The van der Waals surface area contributed by atoms with Crippen LogP contribution < -0.4 is 10.6 Å². The summed E-state index contributed by atoms with van der Waals surface area (Å²) in [5.74, 6) is -0.281. The Labute approximate surface area is 131 Å². The molecule has 2 aromatic carbocycles. The van der Waals surface area contributed by atoms with Crippen LogP contribution in [0.2, 0.25) is 0 Å². The maximum absolute atomic E-state index is 11.8. The third-order valence-electron chi connectivity index (χ3n) is 3.17. The van der Waals surface area contributed by atoms with Crippen molar-refractivity contribution in [1.29, 1.82) is 0 Å². The average molecular weight is 313 g/mol. The van der Waals surface area contributed by atoms with E-state index in [9.17, 15) is 4.79 Å². The number of aliphatic hydroxyl groups excluding tert-OH is 1. The Morgan fingerprint density at radius 1 is 1.18 bits per heavy atom. The molecule has 6 heteroatoms. The molecule has 0 aliphatic carbocycles. The van der Waals surface area contributed by atoms with Crippen molar-refractivity contribution in [3.63, 3.8) is 0 Å². The van der Waals surface area contributed by atoms with Crippen molar-refractivity contribution in [3.05, 3.63) is 53.5 Å². The normalized spacial score (nSPS) is 10.6. The van der Waals surface area contributed by atoms with E-state index in [1.165, 1.54) is 11.3 Å². The minimum atomic E-state index is -0.281. The molecule has 1 aromatic heterocycles. The van der Waals surface area contributed by atoms with Gasteiger partial charge in [-0.2, -0.15) is 0 Å². The van der Waals surface area contributed by atoms with E-state index in [1.807, 2.05) is 30.3 Å². The van der Waals surface area contributed by atoms with E-state index in [2.05, 4.69) is 27.8 Å². The summed E-state index contributed by atoms with van der Waals surface area (Å²) in [7, 11) is 0. The number of aromatic nitrogens is 1. The van der Waals surface area contributed by atoms with Crippen LogP contribution in [0.4, 0.5) is 10.8 Å². The highest BCUT2D eigenvalue weighted by Gasteiger charge is 2.10. The van der Waals surface area contributed by atoms with Crippen molar-refractivity contribution < 1.29 is 9.90 Å². The van der Waals surface area contributed by atoms with Gasteiger partial charge >= 0.3 is 0 Å². The zero-order valence-electron chi connectivity index (χ0n) is 11.7. The smallest absolute Gasteiger partial charge is 0.270 e. The summed E-state index contributed by atoms with van der Waals surface area (Å²) in [5.41, 5.74) is 1.30. The first-order chi connectivity index (χ1) is 10.8. The quantitative estimate of drug-likeness (QED) is 0.677. The summed E-state index contributed by atoms with van der Waals surface area (Å²) in [5, 5.41) is 19.2. The minimum absolute atomic E-state index is 0.0863. The summed E-state index contributed by atoms with van der Waals surface area (Å²) in [6.07, 6.45) is 0. The highest BCUT2D eigenvalue weighted by Crippen LogP contribution is 2.27. The number of benzene rings is 2. The third kappa shape index (κ3) is 3.08. The van der Waals surface area contributed by atoms with Crippen LogP contribution in [0.5, 0.6) is 0 Å². The van der Waals surface area contributed by atoms with Crippen LogP contribution in [0.15, 0.2) is 47.8 Å². The maximum atomic E-state index is 11.8. The lowest BCUT2D eigenvalue weighted by molar-refractivity contribution is 0.0940. The van der Waals surface area contributed by atoms with Crippen molar-refractivity contribution >= 4 is 38.8 Å². The number of rotatable bonds is 5. The fourth-order valence-electron chi connectivity index (χ4n) is 2.15. The van der Waals surface area contributed by atoms with E-state index in [-0.39, 0.29) is 19.1 Å². The van der Waals surface area contributed by atoms with Gasteiger partial charge in [0.05, 0.1) is 6.61 Å². The molecule has 0 unspecified atom stereocenters. The summed E-state index contributed by atoms with van der Waals surface area (Å²) in [6.45, 7) is 0.138. The zero-order valence-corrected chi connectivity index (χ0v) is 12.6. The molecule has 1 amide bonds. The van der Waals surface area contributed by atoms with Gasteiger partial charge in [-0.05, 0) is 11.5 Å². The first-order valence-corrected chi connectivity index (χ1v) is 7.75. The van der Waals surface area contributed by atoms with Gasteiger partial charge in [-0.25, -0.2) is 4.98 Å². The van der Waals surface area contributed by atoms with Gasteiger partial charge < -0.3 is 15.7 Å². The number of thiazole rings is 1. The first-order valence-electron chi connectivity index (χ1n) is 6.87. The second-order valence-corrected chi connectivity index (χ2v) is 5.53. The van der Waals surface area contributed by atoms with Gasteiger partial charge in [0, 0.05) is 23.0 Å². The molecule has 112 valence electrons. The molecular weight excluding hydrogens is 298 g/mol. The van der Waals surface area contributed by atoms with Crippen LogP contribution in [-0.4, -0.2) is 29.1 Å². The van der Waals surface area contributed by atoms with Gasteiger partial charge in [-0.3, -0.25) is 4.79 Å². The number of anilines is 2. The predicted molar refractivity (Wildman–Crippen MR) is 88.8 cm³/mol. The lowest BCUT2D eigenvalue weighted by atomic mass is 10.1. The minimum Gasteiger partial charge on any atom is -0.395 e. The molecular formula is C16H15N3O2S.